The highest BCUT2D eigenvalue weighted by Gasteiger charge is 2.42. The molecular weight excluding hydrogens is 341 g/mol. The van der Waals surface area contributed by atoms with Gasteiger partial charge in [-0.2, -0.15) is 0 Å². The number of halogens is 1. The van der Waals surface area contributed by atoms with Gasteiger partial charge in [0.15, 0.2) is 0 Å². The second-order valence-electron chi connectivity index (χ2n) is 8.72. The van der Waals surface area contributed by atoms with E-state index in [0.29, 0.717) is 6.54 Å². The maximum absolute atomic E-state index is 14.0. The lowest BCUT2D eigenvalue weighted by Gasteiger charge is -2.23. The van der Waals surface area contributed by atoms with Crippen molar-refractivity contribution in [2.75, 3.05) is 19.6 Å². The molecule has 1 N–H and O–H groups in total. The summed E-state index contributed by atoms with van der Waals surface area (Å²) in [5.74, 6) is 0.0680. The standard InChI is InChI=1S/C23H26FNO2/c1-23(26)8-9-25(14-23)13-18-12-21-19-5-3-2-4-15(19)10-16-6-7-17(24)11-20(16)22(21)27-18/h2-7,11,18,21-22,26H,8-10,12-14H2,1H3/t18-,21-,22+,23?/m1/s1. The van der Waals surface area contributed by atoms with Gasteiger partial charge in [0.2, 0.25) is 0 Å². The smallest absolute Gasteiger partial charge is 0.123 e. The van der Waals surface area contributed by atoms with Crippen LogP contribution in [0.4, 0.5) is 4.39 Å². The fourth-order valence-corrected chi connectivity index (χ4v) is 5.20. The first-order valence-corrected chi connectivity index (χ1v) is 9.95. The van der Waals surface area contributed by atoms with Gasteiger partial charge in [0, 0.05) is 25.6 Å². The molecule has 4 atom stereocenters. The molecule has 2 aliphatic heterocycles. The molecule has 0 bridgehead atoms. The van der Waals surface area contributed by atoms with E-state index in [9.17, 15) is 9.50 Å². The number of hydrogen-bond acceptors (Lipinski definition) is 3. The van der Waals surface area contributed by atoms with Crippen molar-refractivity contribution in [2.24, 2.45) is 0 Å². The third-order valence-corrected chi connectivity index (χ3v) is 6.46. The highest BCUT2D eigenvalue weighted by molar-refractivity contribution is 5.45. The van der Waals surface area contributed by atoms with Crippen molar-refractivity contribution in [2.45, 2.75) is 49.9 Å². The van der Waals surface area contributed by atoms with E-state index in [2.05, 4.69) is 29.2 Å². The second kappa shape index (κ2) is 6.40. The van der Waals surface area contributed by atoms with Crippen molar-refractivity contribution >= 4 is 0 Å². The normalized spacial score (nSPS) is 32.6. The number of hydrogen-bond donors (Lipinski definition) is 1. The molecule has 1 aliphatic carbocycles. The number of rotatable bonds is 2. The molecule has 2 fully saturated rings. The fraction of sp³-hybridized carbons (Fsp3) is 0.478. The summed E-state index contributed by atoms with van der Waals surface area (Å²) in [5.41, 5.74) is 4.25. The summed E-state index contributed by atoms with van der Waals surface area (Å²) < 4.78 is 20.6. The summed E-state index contributed by atoms with van der Waals surface area (Å²) in [6, 6.07) is 13.7. The Bertz CT molecular complexity index is 865. The van der Waals surface area contributed by atoms with Crippen LogP contribution in [0.15, 0.2) is 42.5 Å². The van der Waals surface area contributed by atoms with Crippen LogP contribution in [0.25, 0.3) is 0 Å². The minimum absolute atomic E-state index is 0.0903. The van der Waals surface area contributed by atoms with Crippen molar-refractivity contribution in [1.82, 2.24) is 4.90 Å². The summed E-state index contributed by atoms with van der Waals surface area (Å²) in [6.45, 7) is 4.34. The highest BCUT2D eigenvalue weighted by Crippen LogP contribution is 2.49. The van der Waals surface area contributed by atoms with Crippen LogP contribution < -0.4 is 0 Å². The Labute approximate surface area is 159 Å². The molecule has 0 spiro atoms. The van der Waals surface area contributed by atoms with Gasteiger partial charge < -0.3 is 9.84 Å². The molecule has 3 aliphatic rings. The van der Waals surface area contributed by atoms with Crippen LogP contribution in [0.2, 0.25) is 0 Å². The topological polar surface area (TPSA) is 32.7 Å². The molecule has 3 nitrogen and oxygen atoms in total. The van der Waals surface area contributed by atoms with E-state index in [1.54, 1.807) is 12.1 Å². The van der Waals surface area contributed by atoms with E-state index in [1.165, 1.54) is 16.7 Å². The van der Waals surface area contributed by atoms with E-state index in [1.807, 2.05) is 13.0 Å². The van der Waals surface area contributed by atoms with Crippen LogP contribution in [0.1, 0.15) is 54.0 Å². The Morgan fingerprint density at radius 3 is 2.81 bits per heavy atom. The minimum atomic E-state index is -0.592. The van der Waals surface area contributed by atoms with Crippen molar-refractivity contribution in [3.05, 3.63) is 70.5 Å². The van der Waals surface area contributed by atoms with Gasteiger partial charge in [0.25, 0.3) is 0 Å². The maximum Gasteiger partial charge on any atom is 0.123 e. The van der Waals surface area contributed by atoms with Crippen molar-refractivity contribution in [1.29, 1.82) is 0 Å². The van der Waals surface area contributed by atoms with Gasteiger partial charge in [-0.05, 0) is 60.6 Å². The van der Waals surface area contributed by atoms with Gasteiger partial charge in [0.05, 0.1) is 17.8 Å². The van der Waals surface area contributed by atoms with Gasteiger partial charge in [-0.15, -0.1) is 0 Å². The largest absolute Gasteiger partial charge is 0.389 e. The monoisotopic (exact) mass is 367 g/mol. The molecule has 2 saturated heterocycles. The van der Waals surface area contributed by atoms with E-state index < -0.39 is 5.60 Å². The van der Waals surface area contributed by atoms with Crippen LogP contribution in [0.3, 0.4) is 0 Å². The Balaban J connectivity index is 1.47. The maximum atomic E-state index is 14.0. The second-order valence-corrected chi connectivity index (χ2v) is 8.72. The Morgan fingerprint density at radius 1 is 1.19 bits per heavy atom. The molecule has 1 unspecified atom stereocenters. The van der Waals surface area contributed by atoms with Gasteiger partial charge >= 0.3 is 0 Å². The van der Waals surface area contributed by atoms with Gasteiger partial charge in [-0.25, -0.2) is 4.39 Å². The van der Waals surface area contributed by atoms with Crippen LogP contribution in [0.5, 0.6) is 0 Å². The van der Waals surface area contributed by atoms with Crippen LogP contribution >= 0.6 is 0 Å². The molecule has 4 heteroatoms. The van der Waals surface area contributed by atoms with Crippen LogP contribution in [-0.4, -0.2) is 41.3 Å². The third-order valence-electron chi connectivity index (χ3n) is 6.46. The number of ether oxygens (including phenoxy) is 1. The predicted molar refractivity (Wildman–Crippen MR) is 102 cm³/mol. The fourth-order valence-electron chi connectivity index (χ4n) is 5.20. The molecule has 142 valence electrons. The van der Waals surface area contributed by atoms with Crippen LogP contribution in [0, 0.1) is 5.82 Å². The van der Waals surface area contributed by atoms with E-state index in [-0.39, 0.29) is 23.9 Å². The van der Waals surface area contributed by atoms with Crippen molar-refractivity contribution in [3.63, 3.8) is 0 Å². The number of β-amino-alcohol motifs (C(OH)–C–C–N with tert-alkyl or cyclic N) is 1. The van der Waals surface area contributed by atoms with E-state index >= 15 is 0 Å². The number of fused-ring (bicyclic) bond motifs is 5. The molecule has 5 rings (SSSR count). The predicted octanol–water partition coefficient (Wildman–Crippen LogP) is 3.80. The first-order valence-electron chi connectivity index (χ1n) is 9.95. The Kier molecular flexibility index (Phi) is 4.12. The molecule has 0 saturated carbocycles. The Hall–Kier alpha value is -1.75. The summed E-state index contributed by atoms with van der Waals surface area (Å²) in [5, 5.41) is 10.2. The molecule has 0 aromatic heterocycles. The quantitative estimate of drug-likeness (QED) is 0.876. The van der Waals surface area contributed by atoms with E-state index in [0.717, 1.165) is 37.9 Å². The first-order chi connectivity index (χ1) is 13.0. The zero-order valence-corrected chi connectivity index (χ0v) is 15.7. The lowest BCUT2D eigenvalue weighted by molar-refractivity contribution is 0.0150. The molecular formula is C23H26FNO2. The zero-order valence-electron chi connectivity index (χ0n) is 15.7. The molecule has 2 heterocycles. The minimum Gasteiger partial charge on any atom is -0.389 e. The molecule has 0 amide bonds. The Morgan fingerprint density at radius 2 is 2.00 bits per heavy atom. The number of likely N-dealkylation sites (tertiary alicyclic amines) is 1. The van der Waals surface area contributed by atoms with Gasteiger partial charge in [-0.3, -0.25) is 4.90 Å². The van der Waals surface area contributed by atoms with E-state index in [4.69, 9.17) is 4.74 Å². The van der Waals surface area contributed by atoms with Crippen molar-refractivity contribution in [3.8, 4) is 0 Å². The molecule has 2 aromatic rings. The summed E-state index contributed by atoms with van der Waals surface area (Å²) in [7, 11) is 0. The molecule has 27 heavy (non-hydrogen) atoms. The number of nitrogens with zero attached hydrogens (tertiary/aromatic N) is 1. The van der Waals surface area contributed by atoms with Crippen molar-refractivity contribution < 1.29 is 14.2 Å². The molecule has 0 radical (unpaired) electrons. The lowest BCUT2D eigenvalue weighted by atomic mass is 9.87. The van der Waals surface area contributed by atoms with Gasteiger partial charge in [0.1, 0.15) is 5.82 Å². The SMILES string of the molecule is CC1(O)CCN(C[C@H]2C[C@@H]3c4ccccc4Cc4ccc(F)cc4[C@@H]3O2)C1. The van der Waals surface area contributed by atoms with Gasteiger partial charge in [-0.1, -0.05) is 30.3 Å². The summed E-state index contributed by atoms with van der Waals surface area (Å²) in [6.07, 6.45) is 2.60. The summed E-state index contributed by atoms with van der Waals surface area (Å²) in [4.78, 5) is 2.30. The average molecular weight is 367 g/mol. The number of benzene rings is 2. The third kappa shape index (κ3) is 3.20. The first kappa shape index (κ1) is 17.4. The highest BCUT2D eigenvalue weighted by atomic mass is 19.1. The molecule has 2 aromatic carbocycles. The zero-order chi connectivity index (χ0) is 18.6. The lowest BCUT2D eigenvalue weighted by Crippen LogP contribution is -2.34. The average Bonchev–Trinajstić information content (AvgIpc) is 3.17. The van der Waals surface area contributed by atoms with Crippen LogP contribution in [-0.2, 0) is 11.2 Å². The summed E-state index contributed by atoms with van der Waals surface area (Å²) >= 11 is 0. The number of aliphatic hydroxyl groups is 1.